The fourth-order valence-corrected chi connectivity index (χ4v) is 4.76. The molecule has 2 heterocycles. The Balaban J connectivity index is 1.65. The van der Waals surface area contributed by atoms with Crippen molar-refractivity contribution in [3.63, 3.8) is 0 Å². The fourth-order valence-electron chi connectivity index (χ4n) is 4.76. The van der Waals surface area contributed by atoms with Crippen LogP contribution in [0.15, 0.2) is 54.6 Å². The number of hydrogen-bond acceptors (Lipinski definition) is 6. The number of nitro groups is 1. The molecule has 1 saturated heterocycles. The summed E-state index contributed by atoms with van der Waals surface area (Å²) in [7, 11) is 0. The number of piperidine rings is 1. The molecule has 2 aliphatic rings. The summed E-state index contributed by atoms with van der Waals surface area (Å²) < 4.78 is 0. The number of aliphatic hydroxyl groups excluding tert-OH is 1. The van der Waals surface area contributed by atoms with E-state index in [0.717, 1.165) is 24.1 Å². The number of nitrogens with zero attached hydrogens (tertiary/aromatic N) is 3. The molecule has 0 bridgehead atoms. The number of amides is 2. The zero-order valence-electron chi connectivity index (χ0n) is 19.6. The molecule has 2 aromatic rings. The van der Waals surface area contributed by atoms with Crippen molar-refractivity contribution in [1.29, 1.82) is 0 Å². The Hall–Kier alpha value is -3.56. The maximum absolute atomic E-state index is 13.6. The van der Waals surface area contributed by atoms with Gasteiger partial charge in [-0.15, -0.1) is 0 Å². The summed E-state index contributed by atoms with van der Waals surface area (Å²) in [6, 6.07) is 11.5. The summed E-state index contributed by atoms with van der Waals surface area (Å²) in [6.07, 6.45) is 6.09. The number of carbonyl (C=O) groups excluding carboxylic acids is 2. The van der Waals surface area contributed by atoms with Crippen LogP contribution in [0.1, 0.15) is 43.7 Å². The number of nitro benzene ring substituents is 1. The van der Waals surface area contributed by atoms with Gasteiger partial charge in [0.2, 0.25) is 5.91 Å². The number of non-ortho nitro benzene ring substituents is 1. The van der Waals surface area contributed by atoms with Crippen LogP contribution < -0.4 is 9.80 Å². The molecule has 1 fully saturated rings. The predicted octanol–water partition coefficient (Wildman–Crippen LogP) is 3.42. The van der Waals surface area contributed by atoms with Crippen molar-refractivity contribution in [2.24, 2.45) is 5.92 Å². The van der Waals surface area contributed by atoms with Gasteiger partial charge in [-0.05, 0) is 43.0 Å². The van der Waals surface area contributed by atoms with Gasteiger partial charge in [-0.25, -0.2) is 0 Å². The van der Waals surface area contributed by atoms with Crippen LogP contribution in [-0.2, 0) is 21.7 Å². The highest BCUT2D eigenvalue weighted by molar-refractivity contribution is 6.07. The van der Waals surface area contributed by atoms with E-state index in [1.54, 1.807) is 24.0 Å². The first-order valence-electron chi connectivity index (χ1n) is 11.8. The summed E-state index contributed by atoms with van der Waals surface area (Å²) in [5.74, 6) is -1.15. The Kier molecular flexibility index (Phi) is 7.00. The molecule has 0 spiro atoms. The number of anilines is 2. The lowest BCUT2D eigenvalue weighted by Crippen LogP contribution is -2.44. The lowest BCUT2D eigenvalue weighted by molar-refractivity contribution is -0.385. The van der Waals surface area contributed by atoms with E-state index in [1.165, 1.54) is 23.1 Å². The van der Waals surface area contributed by atoms with Crippen LogP contribution in [0.5, 0.6) is 0 Å². The molecule has 2 aliphatic heterocycles. The SMILES string of the molecule is C[C@H](/C=C/CCO)[C@@]1(O)C(=O)N(Cc2ccc(N3CCCCC3=O)cc2)c2ccc([N+](=O)[O-])cc21. The second-order valence-electron chi connectivity index (χ2n) is 9.01. The highest BCUT2D eigenvalue weighted by atomic mass is 16.6. The number of rotatable bonds is 8. The molecule has 0 saturated carbocycles. The van der Waals surface area contributed by atoms with E-state index < -0.39 is 22.3 Å². The van der Waals surface area contributed by atoms with Crippen LogP contribution in [0.25, 0.3) is 0 Å². The Labute approximate surface area is 203 Å². The standard InChI is InChI=1S/C26H29N3O6/c1-18(6-3-5-15-30)26(33)22-16-21(29(34)35)12-13-23(22)28(25(26)32)17-19-8-10-20(11-9-19)27-14-4-2-7-24(27)31/h3,6,8-13,16,18,30,33H,2,4-5,7,14-15,17H2,1H3/b6-3+/t18-,26+/m1/s1. The summed E-state index contributed by atoms with van der Waals surface area (Å²) in [5.41, 5.74) is 0.0195. The lowest BCUT2D eigenvalue weighted by atomic mass is 9.82. The van der Waals surface area contributed by atoms with Crippen LogP contribution in [0, 0.1) is 16.0 Å². The Morgan fingerprint density at radius 3 is 2.57 bits per heavy atom. The fraction of sp³-hybridized carbons (Fsp3) is 0.385. The van der Waals surface area contributed by atoms with Gasteiger partial charge in [0, 0.05) is 48.9 Å². The van der Waals surface area contributed by atoms with E-state index in [2.05, 4.69) is 0 Å². The maximum atomic E-state index is 13.6. The first-order valence-corrected chi connectivity index (χ1v) is 11.8. The summed E-state index contributed by atoms with van der Waals surface area (Å²) in [6.45, 7) is 2.45. The first kappa shape index (κ1) is 24.6. The van der Waals surface area contributed by atoms with Crippen molar-refractivity contribution in [3.8, 4) is 0 Å². The molecular formula is C26H29N3O6. The number of benzene rings is 2. The van der Waals surface area contributed by atoms with Crippen LogP contribution in [0.3, 0.4) is 0 Å². The molecular weight excluding hydrogens is 450 g/mol. The highest BCUT2D eigenvalue weighted by Crippen LogP contribution is 2.47. The summed E-state index contributed by atoms with van der Waals surface area (Å²) >= 11 is 0. The van der Waals surface area contributed by atoms with E-state index in [4.69, 9.17) is 5.11 Å². The third kappa shape index (κ3) is 4.56. The van der Waals surface area contributed by atoms with Gasteiger partial charge in [0.1, 0.15) is 0 Å². The van der Waals surface area contributed by atoms with Crippen molar-refractivity contribution in [2.45, 2.75) is 44.8 Å². The second-order valence-corrected chi connectivity index (χ2v) is 9.01. The second kappa shape index (κ2) is 9.97. The Bertz CT molecular complexity index is 1160. The van der Waals surface area contributed by atoms with Crippen LogP contribution in [0.4, 0.5) is 17.1 Å². The molecule has 2 amide bonds. The van der Waals surface area contributed by atoms with Gasteiger partial charge in [0.05, 0.1) is 17.2 Å². The molecule has 4 rings (SSSR count). The molecule has 0 aromatic heterocycles. The van der Waals surface area contributed by atoms with E-state index in [0.29, 0.717) is 25.1 Å². The van der Waals surface area contributed by atoms with E-state index in [1.807, 2.05) is 24.3 Å². The zero-order valence-corrected chi connectivity index (χ0v) is 19.6. The molecule has 0 aliphatic carbocycles. The van der Waals surface area contributed by atoms with Crippen molar-refractivity contribution in [2.75, 3.05) is 23.0 Å². The number of fused-ring (bicyclic) bond motifs is 1. The van der Waals surface area contributed by atoms with Crippen molar-refractivity contribution >= 4 is 28.9 Å². The minimum absolute atomic E-state index is 0.0667. The maximum Gasteiger partial charge on any atom is 0.269 e. The average Bonchev–Trinajstić information content (AvgIpc) is 3.07. The van der Waals surface area contributed by atoms with Gasteiger partial charge in [0.15, 0.2) is 5.60 Å². The van der Waals surface area contributed by atoms with Crippen molar-refractivity contribution in [1.82, 2.24) is 0 Å². The quantitative estimate of drug-likeness (QED) is 0.340. The lowest BCUT2D eigenvalue weighted by Gasteiger charge is -2.28. The summed E-state index contributed by atoms with van der Waals surface area (Å²) in [4.78, 5) is 39.8. The Morgan fingerprint density at radius 2 is 1.91 bits per heavy atom. The molecule has 35 heavy (non-hydrogen) atoms. The first-order chi connectivity index (χ1) is 16.8. The molecule has 2 aromatic carbocycles. The van der Waals surface area contributed by atoms with Crippen LogP contribution in [0.2, 0.25) is 0 Å². The van der Waals surface area contributed by atoms with Crippen molar-refractivity contribution in [3.05, 3.63) is 75.9 Å². The third-order valence-corrected chi connectivity index (χ3v) is 6.76. The van der Waals surface area contributed by atoms with Gasteiger partial charge in [-0.3, -0.25) is 19.7 Å². The molecule has 2 atom stereocenters. The topological polar surface area (TPSA) is 124 Å². The molecule has 184 valence electrons. The Morgan fingerprint density at radius 1 is 1.17 bits per heavy atom. The van der Waals surface area contributed by atoms with E-state index in [9.17, 15) is 24.8 Å². The van der Waals surface area contributed by atoms with Crippen molar-refractivity contribution < 1.29 is 24.7 Å². The minimum atomic E-state index is -1.98. The molecule has 9 nitrogen and oxygen atoms in total. The monoisotopic (exact) mass is 479 g/mol. The minimum Gasteiger partial charge on any atom is -0.396 e. The van der Waals surface area contributed by atoms with Gasteiger partial charge in [0.25, 0.3) is 11.6 Å². The number of hydrogen-bond donors (Lipinski definition) is 2. The van der Waals surface area contributed by atoms with Crippen LogP contribution in [-0.4, -0.2) is 40.1 Å². The summed E-state index contributed by atoms with van der Waals surface area (Å²) in [5, 5.41) is 32.0. The third-order valence-electron chi connectivity index (χ3n) is 6.76. The van der Waals surface area contributed by atoms with Gasteiger partial charge in [-0.2, -0.15) is 0 Å². The smallest absolute Gasteiger partial charge is 0.269 e. The molecule has 0 unspecified atom stereocenters. The van der Waals surface area contributed by atoms with E-state index in [-0.39, 0.29) is 30.3 Å². The molecule has 0 radical (unpaired) electrons. The zero-order chi connectivity index (χ0) is 25.2. The van der Waals surface area contributed by atoms with Crippen LogP contribution >= 0.6 is 0 Å². The van der Waals surface area contributed by atoms with Gasteiger partial charge in [-0.1, -0.05) is 31.2 Å². The number of carbonyl (C=O) groups is 2. The van der Waals surface area contributed by atoms with Gasteiger partial charge < -0.3 is 20.0 Å². The highest BCUT2D eigenvalue weighted by Gasteiger charge is 2.53. The van der Waals surface area contributed by atoms with Gasteiger partial charge >= 0.3 is 0 Å². The molecule has 9 heteroatoms. The average molecular weight is 480 g/mol. The largest absolute Gasteiger partial charge is 0.396 e. The normalized spacial score (nSPS) is 21.0. The predicted molar refractivity (Wildman–Crippen MR) is 131 cm³/mol. The number of aliphatic hydroxyl groups is 2. The van der Waals surface area contributed by atoms with E-state index >= 15 is 0 Å². The molecule has 2 N–H and O–H groups in total.